The fraction of sp³-hybridized carbons (Fsp3) is 0.667. The molecule has 0 aromatic carbocycles. The molecule has 1 heterocycles. The first kappa shape index (κ1) is 12.7. The van der Waals surface area contributed by atoms with Gasteiger partial charge in [-0.25, -0.2) is 0 Å². The van der Waals surface area contributed by atoms with Crippen LogP contribution in [-0.4, -0.2) is 22.4 Å². The summed E-state index contributed by atoms with van der Waals surface area (Å²) in [6, 6.07) is 2.29. The molecule has 1 rings (SSSR count). The summed E-state index contributed by atoms with van der Waals surface area (Å²) in [6.45, 7) is 8.84. The summed E-state index contributed by atoms with van der Waals surface area (Å²) in [7, 11) is 1.82. The predicted octanol–water partition coefficient (Wildman–Crippen LogP) is 1.70. The van der Waals surface area contributed by atoms with Crippen LogP contribution in [0.4, 0.5) is 0 Å². The second-order valence-electron chi connectivity index (χ2n) is 4.46. The largest absolute Gasteiger partial charge is 0.303 e. The first-order chi connectivity index (χ1) is 7.43. The van der Waals surface area contributed by atoms with Gasteiger partial charge in [-0.05, 0) is 46.7 Å². The Labute approximate surface area is 97.3 Å². The topological polar surface area (TPSA) is 53.6 Å². The number of rotatable bonds is 4. The van der Waals surface area contributed by atoms with Gasteiger partial charge in [-0.3, -0.25) is 4.68 Å². The first-order valence-electron chi connectivity index (χ1n) is 5.54. The number of nitrogens with one attached hydrogen (secondary N) is 1. The van der Waals surface area contributed by atoms with E-state index in [-0.39, 0.29) is 0 Å². The zero-order valence-corrected chi connectivity index (χ0v) is 10.8. The zero-order chi connectivity index (χ0) is 12.3. The van der Waals surface area contributed by atoms with E-state index in [1.54, 1.807) is 0 Å². The average molecular weight is 220 g/mol. The SMILES string of the molecule is CNC(C)(C#N)CCn1nc(C)c(C)c1C. The number of nitrogens with zero attached hydrogens (tertiary/aromatic N) is 3. The summed E-state index contributed by atoms with van der Waals surface area (Å²) in [5.41, 5.74) is 3.03. The van der Waals surface area contributed by atoms with Crippen molar-refractivity contribution in [1.82, 2.24) is 15.1 Å². The van der Waals surface area contributed by atoms with Gasteiger partial charge in [-0.2, -0.15) is 10.4 Å². The lowest BCUT2D eigenvalue weighted by Crippen LogP contribution is -2.39. The molecule has 1 aromatic heterocycles. The van der Waals surface area contributed by atoms with Gasteiger partial charge in [-0.1, -0.05) is 0 Å². The maximum atomic E-state index is 9.05. The molecule has 16 heavy (non-hydrogen) atoms. The van der Waals surface area contributed by atoms with Crippen LogP contribution >= 0.6 is 0 Å². The fourth-order valence-electron chi connectivity index (χ4n) is 1.57. The van der Waals surface area contributed by atoms with E-state index >= 15 is 0 Å². The molecule has 0 saturated heterocycles. The van der Waals surface area contributed by atoms with Crippen LogP contribution in [0.15, 0.2) is 0 Å². The Morgan fingerprint density at radius 2 is 2.06 bits per heavy atom. The summed E-state index contributed by atoms with van der Waals surface area (Å²) in [5, 5.41) is 16.5. The molecule has 1 atom stereocenters. The highest BCUT2D eigenvalue weighted by Gasteiger charge is 2.21. The van der Waals surface area contributed by atoms with Crippen LogP contribution in [-0.2, 0) is 6.54 Å². The van der Waals surface area contributed by atoms with E-state index in [0.29, 0.717) is 0 Å². The molecular weight excluding hydrogens is 200 g/mol. The number of hydrogen-bond donors (Lipinski definition) is 1. The van der Waals surface area contributed by atoms with E-state index in [1.165, 1.54) is 11.3 Å². The van der Waals surface area contributed by atoms with Crippen molar-refractivity contribution in [2.75, 3.05) is 7.05 Å². The van der Waals surface area contributed by atoms with Crippen LogP contribution in [0.3, 0.4) is 0 Å². The number of aromatic nitrogens is 2. The minimum Gasteiger partial charge on any atom is -0.303 e. The van der Waals surface area contributed by atoms with Crippen molar-refractivity contribution in [1.29, 1.82) is 5.26 Å². The van der Waals surface area contributed by atoms with E-state index in [2.05, 4.69) is 30.3 Å². The Kier molecular flexibility index (Phi) is 3.71. The predicted molar refractivity (Wildman–Crippen MR) is 64.1 cm³/mol. The molecule has 1 unspecified atom stereocenters. The van der Waals surface area contributed by atoms with Gasteiger partial charge < -0.3 is 5.32 Å². The van der Waals surface area contributed by atoms with E-state index in [1.807, 2.05) is 25.6 Å². The van der Waals surface area contributed by atoms with Crippen molar-refractivity contribution in [3.8, 4) is 6.07 Å². The van der Waals surface area contributed by atoms with Gasteiger partial charge in [0.25, 0.3) is 0 Å². The molecule has 4 heteroatoms. The van der Waals surface area contributed by atoms with Crippen LogP contribution in [0, 0.1) is 32.1 Å². The molecule has 1 aromatic rings. The molecule has 88 valence electrons. The molecule has 0 fully saturated rings. The molecule has 1 N–H and O–H groups in total. The lowest BCUT2D eigenvalue weighted by Gasteiger charge is -2.20. The number of aryl methyl sites for hydroxylation is 2. The summed E-state index contributed by atoms with van der Waals surface area (Å²) in [5.74, 6) is 0. The van der Waals surface area contributed by atoms with Crippen LogP contribution in [0.5, 0.6) is 0 Å². The van der Waals surface area contributed by atoms with Crippen LogP contribution in [0.25, 0.3) is 0 Å². The maximum Gasteiger partial charge on any atom is 0.105 e. The quantitative estimate of drug-likeness (QED) is 0.840. The molecule has 0 aliphatic carbocycles. The van der Waals surface area contributed by atoms with Crippen molar-refractivity contribution < 1.29 is 0 Å². The first-order valence-corrected chi connectivity index (χ1v) is 5.54. The Balaban J connectivity index is 2.76. The van der Waals surface area contributed by atoms with E-state index < -0.39 is 5.54 Å². The zero-order valence-electron chi connectivity index (χ0n) is 10.8. The third kappa shape index (κ3) is 2.42. The van der Waals surface area contributed by atoms with Gasteiger partial charge in [0.2, 0.25) is 0 Å². The lowest BCUT2D eigenvalue weighted by atomic mass is 10.0. The van der Waals surface area contributed by atoms with Crippen molar-refractivity contribution >= 4 is 0 Å². The second kappa shape index (κ2) is 4.67. The highest BCUT2D eigenvalue weighted by molar-refractivity contribution is 5.22. The molecule has 0 spiro atoms. The van der Waals surface area contributed by atoms with Gasteiger partial charge in [0.1, 0.15) is 5.54 Å². The summed E-state index contributed by atoms with van der Waals surface area (Å²) < 4.78 is 1.98. The molecule has 0 aliphatic rings. The Hall–Kier alpha value is -1.34. The number of hydrogen-bond acceptors (Lipinski definition) is 3. The standard InChI is InChI=1S/C12H20N4/c1-9-10(2)15-16(11(9)3)7-6-12(4,8-13)14-5/h14H,6-7H2,1-5H3. The fourth-order valence-corrected chi connectivity index (χ4v) is 1.57. The van der Waals surface area contributed by atoms with Crippen LogP contribution in [0.1, 0.15) is 30.3 Å². The maximum absolute atomic E-state index is 9.05. The normalized spacial score (nSPS) is 14.5. The van der Waals surface area contributed by atoms with Crippen molar-refractivity contribution in [3.05, 3.63) is 17.0 Å². The van der Waals surface area contributed by atoms with Gasteiger partial charge in [0.15, 0.2) is 0 Å². The minimum atomic E-state index is -0.472. The van der Waals surface area contributed by atoms with Gasteiger partial charge in [0, 0.05) is 12.2 Å². The minimum absolute atomic E-state index is 0.472. The second-order valence-corrected chi connectivity index (χ2v) is 4.46. The molecule has 4 nitrogen and oxygen atoms in total. The Morgan fingerprint density at radius 3 is 2.44 bits per heavy atom. The summed E-state index contributed by atoms with van der Waals surface area (Å²) >= 11 is 0. The van der Waals surface area contributed by atoms with E-state index in [9.17, 15) is 0 Å². The highest BCUT2D eigenvalue weighted by atomic mass is 15.3. The van der Waals surface area contributed by atoms with Gasteiger partial charge in [0.05, 0.1) is 11.8 Å². The molecule has 0 saturated carbocycles. The van der Waals surface area contributed by atoms with Crippen molar-refractivity contribution in [2.45, 2.75) is 46.2 Å². The van der Waals surface area contributed by atoms with Crippen LogP contribution < -0.4 is 5.32 Å². The highest BCUT2D eigenvalue weighted by Crippen LogP contribution is 2.14. The molecule has 0 bridgehead atoms. The average Bonchev–Trinajstić information content (AvgIpc) is 2.54. The Morgan fingerprint density at radius 1 is 1.44 bits per heavy atom. The molecular formula is C12H20N4. The third-order valence-corrected chi connectivity index (χ3v) is 3.37. The third-order valence-electron chi connectivity index (χ3n) is 3.37. The molecule has 0 amide bonds. The monoisotopic (exact) mass is 220 g/mol. The van der Waals surface area contributed by atoms with Gasteiger partial charge in [-0.15, -0.1) is 0 Å². The van der Waals surface area contributed by atoms with Crippen LogP contribution in [0.2, 0.25) is 0 Å². The van der Waals surface area contributed by atoms with Crippen molar-refractivity contribution in [2.24, 2.45) is 0 Å². The molecule has 0 aliphatic heterocycles. The number of nitriles is 1. The lowest BCUT2D eigenvalue weighted by molar-refractivity contribution is 0.404. The summed E-state index contributed by atoms with van der Waals surface area (Å²) in [4.78, 5) is 0. The van der Waals surface area contributed by atoms with Gasteiger partial charge >= 0.3 is 0 Å². The molecule has 0 radical (unpaired) electrons. The smallest absolute Gasteiger partial charge is 0.105 e. The van der Waals surface area contributed by atoms with E-state index in [4.69, 9.17) is 5.26 Å². The Bertz CT molecular complexity index is 413. The van der Waals surface area contributed by atoms with E-state index in [0.717, 1.165) is 18.7 Å². The van der Waals surface area contributed by atoms with Crippen molar-refractivity contribution in [3.63, 3.8) is 0 Å². The summed E-state index contributed by atoms with van der Waals surface area (Å²) in [6.07, 6.45) is 0.751.